The average molecular weight is 463 g/mol. The first-order chi connectivity index (χ1) is 13.5. The van der Waals surface area contributed by atoms with Crippen LogP contribution in [0.1, 0.15) is 0 Å². The van der Waals surface area contributed by atoms with Crippen molar-refractivity contribution in [3.8, 4) is 11.1 Å². The molecule has 0 N–H and O–H groups in total. The van der Waals surface area contributed by atoms with E-state index in [1.807, 2.05) is 0 Å². The number of nitrogens with zero attached hydrogens (tertiary/aromatic N) is 1. The molecule has 0 amide bonds. The lowest BCUT2D eigenvalue weighted by Gasteiger charge is -2.32. The lowest BCUT2D eigenvalue weighted by atomic mass is 9.98. The molecule has 0 aliphatic heterocycles. The van der Waals surface area contributed by atoms with Crippen molar-refractivity contribution in [1.29, 1.82) is 0 Å². The van der Waals surface area contributed by atoms with Crippen molar-refractivity contribution < 1.29 is 61.5 Å². The van der Waals surface area contributed by atoms with Crippen molar-refractivity contribution in [3.63, 3.8) is 0 Å². The second kappa shape index (κ2) is 7.19. The molecule has 30 heavy (non-hydrogen) atoms. The van der Waals surface area contributed by atoms with Crippen LogP contribution in [0.25, 0.3) is 11.1 Å². The van der Waals surface area contributed by atoms with Crippen molar-refractivity contribution in [3.05, 3.63) is 52.4 Å². The molecule has 2 rings (SSSR count). The molecule has 2 aromatic rings. The van der Waals surface area contributed by atoms with E-state index < -0.39 is 86.3 Å². The van der Waals surface area contributed by atoms with Crippen LogP contribution in [-0.4, -0.2) is 19.3 Å². The lowest BCUT2D eigenvalue weighted by molar-refractivity contribution is -0.280. The monoisotopic (exact) mass is 463 g/mol. The summed E-state index contributed by atoms with van der Waals surface area (Å²) < 4.78 is 188. The first kappa shape index (κ1) is 23.5. The summed E-state index contributed by atoms with van der Waals surface area (Å²) >= 11 is 0. The van der Waals surface area contributed by atoms with Gasteiger partial charge in [0.05, 0.1) is 16.8 Å². The molecule has 0 atom stereocenters. The molecule has 0 saturated heterocycles. The zero-order valence-corrected chi connectivity index (χ0v) is 13.7. The summed E-state index contributed by atoms with van der Waals surface area (Å²) in [6.07, 6.45) is -6.59. The normalized spacial score (nSPS) is 12.5. The van der Waals surface area contributed by atoms with Crippen LogP contribution in [0.15, 0.2) is 0 Å². The van der Waals surface area contributed by atoms with Gasteiger partial charge in [-0.1, -0.05) is 0 Å². The van der Waals surface area contributed by atoms with Crippen molar-refractivity contribution in [2.24, 2.45) is 0 Å². The van der Waals surface area contributed by atoms with Crippen molar-refractivity contribution in [1.82, 2.24) is 0 Å². The Balaban J connectivity index is 3.11. The third-order valence-electron chi connectivity index (χ3n) is 3.80. The van der Waals surface area contributed by atoms with Crippen LogP contribution in [0.3, 0.4) is 0 Å². The van der Waals surface area contributed by atoms with Gasteiger partial charge in [-0.2, -0.15) is 22.0 Å². The highest BCUT2D eigenvalue weighted by molar-refractivity contribution is 5.81. The Hall–Kier alpha value is -2.74. The molecule has 0 aromatic heterocycles. The van der Waals surface area contributed by atoms with Gasteiger partial charge in [-0.15, -0.1) is 0 Å². The zero-order valence-electron chi connectivity index (χ0n) is 13.7. The maximum atomic E-state index is 14.2. The second-order valence-corrected chi connectivity index (χ2v) is 5.52. The van der Waals surface area contributed by atoms with Gasteiger partial charge >= 0.3 is 12.2 Å². The Labute approximate surface area is 156 Å². The third kappa shape index (κ3) is 3.19. The molecular weight excluding hydrogens is 460 g/mol. The van der Waals surface area contributed by atoms with Gasteiger partial charge in [0.2, 0.25) is 5.82 Å². The summed E-state index contributed by atoms with van der Waals surface area (Å²) in [5, 5.41) is 0. The van der Waals surface area contributed by atoms with E-state index in [9.17, 15) is 61.5 Å². The molecule has 0 aliphatic carbocycles. The Morgan fingerprint density at radius 3 is 1.13 bits per heavy atom. The zero-order chi connectivity index (χ0) is 23.5. The fraction of sp³-hybridized carbons (Fsp3) is 0.200. The number of rotatable bonds is 3. The summed E-state index contributed by atoms with van der Waals surface area (Å²) in [5.41, 5.74) is -7.89. The smallest absolute Gasteiger partial charge is 0.305 e. The molecule has 166 valence electrons. The summed E-state index contributed by atoms with van der Waals surface area (Å²) in [7, 11) is -0.377. The van der Waals surface area contributed by atoms with E-state index in [2.05, 4.69) is 0 Å². The summed E-state index contributed by atoms with van der Waals surface area (Å²) in [6.45, 7) is 0. The number of benzene rings is 2. The minimum Gasteiger partial charge on any atom is -0.305 e. The molecule has 0 unspecified atom stereocenters. The molecule has 0 aliphatic rings. The molecule has 0 radical (unpaired) electrons. The second-order valence-electron chi connectivity index (χ2n) is 5.52. The van der Waals surface area contributed by atoms with Crippen LogP contribution in [0.2, 0.25) is 0 Å². The molecule has 0 bridgehead atoms. The Morgan fingerprint density at radius 2 is 0.767 bits per heavy atom. The highest BCUT2D eigenvalue weighted by Gasteiger charge is 2.62. The van der Waals surface area contributed by atoms with Crippen LogP contribution >= 0.6 is 0 Å². The molecule has 0 saturated carbocycles. The van der Waals surface area contributed by atoms with E-state index in [0.29, 0.717) is 0 Å². The van der Waals surface area contributed by atoms with E-state index in [1.54, 1.807) is 0 Å². The first-order valence-electron chi connectivity index (χ1n) is 7.04. The Kier molecular flexibility index (Phi) is 5.64. The number of hydrogen-bond acceptors (Lipinski definition) is 1. The van der Waals surface area contributed by atoms with Gasteiger partial charge in [0.15, 0.2) is 46.5 Å². The van der Waals surface area contributed by atoms with Crippen molar-refractivity contribution in [2.45, 2.75) is 12.2 Å². The van der Waals surface area contributed by atoms with Gasteiger partial charge < -0.3 is 4.90 Å². The van der Waals surface area contributed by atoms with Crippen molar-refractivity contribution >= 4 is 5.69 Å². The van der Waals surface area contributed by atoms with Crippen molar-refractivity contribution in [2.75, 3.05) is 11.9 Å². The van der Waals surface area contributed by atoms with E-state index in [0.717, 1.165) is 0 Å². The SMILES string of the molecule is CN(c1c(F)c(F)c(F)c(F)c1-c1c(F)c(F)c(F)c(F)c1F)C(F)(F)C(F)(F)F. The highest BCUT2D eigenvalue weighted by atomic mass is 19.4. The lowest BCUT2D eigenvalue weighted by Crippen LogP contribution is -2.51. The van der Waals surface area contributed by atoms with Gasteiger partial charge in [0.25, 0.3) is 0 Å². The standard InChI is InChI=1S/C15H3F14N/c1-30(15(28,29)14(25,26)27)13-3(6(18)9(21)11(23)12(13)24)2-4(16)7(19)10(22)8(20)5(2)17/h1H3. The number of alkyl halides is 5. The molecule has 0 spiro atoms. The third-order valence-corrected chi connectivity index (χ3v) is 3.80. The largest absolute Gasteiger partial charge is 0.475 e. The summed E-state index contributed by atoms with van der Waals surface area (Å²) in [5.74, 6) is -26.7. The van der Waals surface area contributed by atoms with E-state index in [-0.39, 0.29) is 7.05 Å². The quantitative estimate of drug-likeness (QED) is 0.227. The minimum atomic E-state index is -6.59. The van der Waals surface area contributed by atoms with Gasteiger partial charge in [-0.3, -0.25) is 0 Å². The molecule has 0 heterocycles. The number of halogens is 14. The maximum absolute atomic E-state index is 14.2. The van der Waals surface area contributed by atoms with Crippen LogP contribution < -0.4 is 4.90 Å². The van der Waals surface area contributed by atoms with Crippen LogP contribution in [0, 0.1) is 52.4 Å². The molecule has 1 nitrogen and oxygen atoms in total. The minimum absolute atomic E-state index is 0.377. The predicted molar refractivity (Wildman–Crippen MR) is 70.9 cm³/mol. The molecule has 15 heteroatoms. The van der Waals surface area contributed by atoms with Gasteiger partial charge in [-0.25, -0.2) is 39.5 Å². The summed E-state index contributed by atoms with van der Waals surface area (Å²) in [4.78, 5) is -1.60. The fourth-order valence-electron chi connectivity index (χ4n) is 2.32. The molecule has 2 aromatic carbocycles. The van der Waals surface area contributed by atoms with Crippen LogP contribution in [0.4, 0.5) is 67.2 Å². The average Bonchev–Trinajstić information content (AvgIpc) is 2.65. The molecular formula is C15H3F14N. The van der Waals surface area contributed by atoms with Gasteiger partial charge in [-0.05, 0) is 0 Å². The fourth-order valence-corrected chi connectivity index (χ4v) is 2.32. The Morgan fingerprint density at radius 1 is 0.467 bits per heavy atom. The van der Waals surface area contributed by atoms with E-state index >= 15 is 0 Å². The van der Waals surface area contributed by atoms with Gasteiger partial charge in [0.1, 0.15) is 0 Å². The number of hydrogen-bond donors (Lipinski definition) is 0. The van der Waals surface area contributed by atoms with Crippen LogP contribution in [0.5, 0.6) is 0 Å². The van der Waals surface area contributed by atoms with E-state index in [1.165, 1.54) is 0 Å². The van der Waals surface area contributed by atoms with E-state index in [4.69, 9.17) is 0 Å². The predicted octanol–water partition coefficient (Wildman–Crippen LogP) is 6.20. The Bertz CT molecular complexity index is 997. The topological polar surface area (TPSA) is 3.24 Å². The number of anilines is 1. The first-order valence-corrected chi connectivity index (χ1v) is 7.04. The van der Waals surface area contributed by atoms with Crippen LogP contribution in [-0.2, 0) is 0 Å². The maximum Gasteiger partial charge on any atom is 0.475 e. The van der Waals surface area contributed by atoms with Gasteiger partial charge in [0, 0.05) is 7.05 Å². The molecule has 0 fully saturated rings. The highest BCUT2D eigenvalue weighted by Crippen LogP contribution is 2.47. The summed E-state index contributed by atoms with van der Waals surface area (Å²) in [6, 6.07) is -6.20.